The van der Waals surface area contributed by atoms with E-state index in [9.17, 15) is 30.1 Å². The normalized spacial score (nSPS) is 13.6. The van der Waals surface area contributed by atoms with Gasteiger partial charge in [-0.15, -0.1) is 0 Å². The number of non-ortho nitro benzene ring substituents is 2. The van der Waals surface area contributed by atoms with E-state index in [4.69, 9.17) is 17.5 Å². The van der Waals surface area contributed by atoms with E-state index in [-0.39, 0.29) is 31.4 Å². The summed E-state index contributed by atoms with van der Waals surface area (Å²) in [6.45, 7) is 0. The summed E-state index contributed by atoms with van der Waals surface area (Å²) in [7, 11) is -4.92. The summed E-state index contributed by atoms with van der Waals surface area (Å²) in [6.07, 6.45) is 0. The Labute approximate surface area is 224 Å². The molecule has 0 bridgehead atoms. The fourth-order valence-electron chi connectivity index (χ4n) is 4.13. The first-order valence-corrected chi connectivity index (χ1v) is 14.4. The summed E-state index contributed by atoms with van der Waals surface area (Å²) >= 11 is 1.45. The van der Waals surface area contributed by atoms with Crippen molar-refractivity contribution in [2.24, 2.45) is 0 Å². The maximum absolute atomic E-state index is 12.0. The Morgan fingerprint density at radius 1 is 0.947 bits per heavy atom. The van der Waals surface area contributed by atoms with E-state index in [0.29, 0.717) is 22.3 Å². The third-order valence-corrected chi connectivity index (χ3v) is 9.61. The number of benzene rings is 3. The Kier molecular flexibility index (Phi) is 7.51. The maximum atomic E-state index is 12.0. The number of fused-ring (bicyclic) bond motifs is 3. The molecule has 1 unspecified atom stereocenters. The van der Waals surface area contributed by atoms with Crippen LogP contribution in [-0.4, -0.2) is 52.9 Å². The molecule has 0 aliphatic heterocycles. The van der Waals surface area contributed by atoms with Crippen LogP contribution in [0.2, 0.25) is 0 Å². The zero-order valence-corrected chi connectivity index (χ0v) is 22.1. The Hall–Kier alpha value is -3.85. The minimum absolute atomic E-state index is 0.0992. The van der Waals surface area contributed by atoms with Crippen LogP contribution in [-0.2, 0) is 10.4 Å². The molecule has 3 aromatic carbocycles. The first kappa shape index (κ1) is 27.2. The average Bonchev–Trinajstić information content (AvgIpc) is 3.45. The molecular weight excluding hydrogens is 607 g/mol. The fourth-order valence-corrected chi connectivity index (χ4v) is 8.31. The van der Waals surface area contributed by atoms with Crippen LogP contribution in [0.3, 0.4) is 0 Å². The molecule has 0 radical (unpaired) electrons. The monoisotopic (exact) mass is 622 g/mol. The smallest absolute Gasteiger partial charge is 0.215 e. The van der Waals surface area contributed by atoms with Gasteiger partial charge in [-0.25, -0.2) is 8.42 Å². The number of nitro benzene ring substituents is 2. The maximum Gasteiger partial charge on any atom is 0.215 e. The molecule has 0 saturated heterocycles. The van der Waals surface area contributed by atoms with Crippen molar-refractivity contribution in [2.45, 2.75) is 5.92 Å². The van der Waals surface area contributed by atoms with Crippen molar-refractivity contribution >= 4 is 53.6 Å². The number of nitro groups is 2. The van der Waals surface area contributed by atoms with Gasteiger partial charge in [-0.3, -0.25) is 4.55 Å². The molecular formula is C23H14N2O10S2Se. The zero-order valence-electron chi connectivity index (χ0n) is 18.7. The van der Waals surface area contributed by atoms with Crippen LogP contribution in [0, 0.1) is 20.2 Å². The van der Waals surface area contributed by atoms with Gasteiger partial charge in [0.15, 0.2) is 0 Å². The predicted molar refractivity (Wildman–Crippen MR) is 137 cm³/mol. The van der Waals surface area contributed by atoms with E-state index in [0.717, 1.165) is 20.3 Å². The van der Waals surface area contributed by atoms with Crippen molar-refractivity contribution < 1.29 is 37.3 Å². The van der Waals surface area contributed by atoms with Crippen LogP contribution in [0.1, 0.15) is 31.2 Å². The van der Waals surface area contributed by atoms with Crippen LogP contribution < -0.4 is 0 Å². The Bertz CT molecular complexity index is 1700. The molecule has 1 aliphatic carbocycles. The fraction of sp³-hybridized carbons (Fsp3) is 0.0435. The topological polar surface area (TPSA) is 201 Å². The van der Waals surface area contributed by atoms with Crippen molar-refractivity contribution in [1.29, 1.82) is 0 Å². The summed E-state index contributed by atoms with van der Waals surface area (Å²) in [6, 6.07) is 16.6. The molecule has 0 saturated carbocycles. The van der Waals surface area contributed by atoms with Crippen molar-refractivity contribution in [3.05, 3.63) is 106 Å². The second kappa shape index (κ2) is 10.5. The first-order valence-electron chi connectivity index (χ1n) is 10.3. The molecule has 194 valence electrons. The second-order valence-corrected chi connectivity index (χ2v) is 12.2. The van der Waals surface area contributed by atoms with Gasteiger partial charge in [0, 0.05) is 0 Å². The quantitative estimate of drug-likeness (QED) is 0.0706. The number of nitrogens with zero attached hydrogens (tertiary/aromatic N) is 2. The molecule has 1 aromatic heterocycles. The van der Waals surface area contributed by atoms with Crippen LogP contribution in [0.15, 0.2) is 65.6 Å². The zero-order chi connectivity index (χ0) is 27.8. The van der Waals surface area contributed by atoms with Crippen molar-refractivity contribution in [3.8, 4) is 21.6 Å². The van der Waals surface area contributed by atoms with Gasteiger partial charge in [0.25, 0.3) is 0 Å². The summed E-state index contributed by atoms with van der Waals surface area (Å²) in [4.78, 5) is 37.1. The molecule has 0 spiro atoms. The molecule has 1 aliphatic rings. The Morgan fingerprint density at radius 2 is 1.55 bits per heavy atom. The van der Waals surface area contributed by atoms with Gasteiger partial charge in [0.1, 0.15) is 0 Å². The molecule has 15 heteroatoms. The van der Waals surface area contributed by atoms with E-state index >= 15 is 0 Å². The molecule has 1 atom stereocenters. The van der Waals surface area contributed by atoms with Gasteiger partial charge >= 0.3 is 197 Å². The number of hydrogen-bond donors (Lipinski definition) is 2. The van der Waals surface area contributed by atoms with Crippen molar-refractivity contribution in [3.63, 3.8) is 0 Å². The minimum Gasteiger partial charge on any atom is -0.726 e. The van der Waals surface area contributed by atoms with Gasteiger partial charge in [0.05, 0.1) is 0 Å². The third-order valence-electron chi connectivity index (χ3n) is 5.52. The van der Waals surface area contributed by atoms with E-state index in [1.165, 1.54) is 18.2 Å². The SMILES string of the molecule is O=C(O)c1cc([N+](=O)[O-])cc2c1-c1ccc([N+](=O)[O-])cc1C2c1[s+]c(-c2ccccc2)c[se]1.O=S(=O)([O-])O. The largest absolute Gasteiger partial charge is 0.726 e. The van der Waals surface area contributed by atoms with Gasteiger partial charge in [-0.2, -0.15) is 0 Å². The molecule has 12 nitrogen and oxygen atoms in total. The number of carboxylic acid groups (broad SMARTS) is 1. The standard InChI is InChI=1S/C23H12N2O6SSe.H2O4S/c26-22(27)18-10-14(25(30)31)9-17-20(18)15-7-6-13(24(28)29)8-16(15)21(17)23-32-19(11-33-23)12-4-2-1-3-5-12;1-5(2,3)4/h1-11,21H;(H2,1,2,3,4). The molecule has 2 N–H and O–H groups in total. The van der Waals surface area contributed by atoms with E-state index in [1.807, 2.05) is 30.3 Å². The van der Waals surface area contributed by atoms with Crippen molar-refractivity contribution in [2.75, 3.05) is 0 Å². The summed E-state index contributed by atoms with van der Waals surface area (Å²) in [5.74, 6) is -1.76. The molecule has 0 amide bonds. The number of carbonyl (C=O) groups is 1. The van der Waals surface area contributed by atoms with Crippen LogP contribution in [0.4, 0.5) is 11.4 Å². The Morgan fingerprint density at radius 3 is 2.13 bits per heavy atom. The number of rotatable bonds is 5. The van der Waals surface area contributed by atoms with Gasteiger partial charge in [-0.05, 0) is 0 Å². The summed E-state index contributed by atoms with van der Waals surface area (Å²) in [5, 5.41) is 32.8. The van der Waals surface area contributed by atoms with E-state index in [1.54, 1.807) is 17.4 Å². The molecule has 38 heavy (non-hydrogen) atoms. The minimum atomic E-state index is -4.92. The predicted octanol–water partition coefficient (Wildman–Crippen LogP) is 4.43. The van der Waals surface area contributed by atoms with Crippen LogP contribution >= 0.6 is 11.3 Å². The van der Waals surface area contributed by atoms with Gasteiger partial charge in [-0.1, -0.05) is 0 Å². The number of hydrogen-bond acceptors (Lipinski definition) is 8. The van der Waals surface area contributed by atoms with Crippen molar-refractivity contribution in [1.82, 2.24) is 0 Å². The van der Waals surface area contributed by atoms with Crippen LogP contribution in [0.5, 0.6) is 0 Å². The van der Waals surface area contributed by atoms with E-state index < -0.39 is 32.1 Å². The number of carboxylic acids is 1. The van der Waals surface area contributed by atoms with Gasteiger partial charge < -0.3 is 4.55 Å². The Balaban J connectivity index is 0.000000617. The molecule has 1 heterocycles. The van der Waals surface area contributed by atoms with Gasteiger partial charge in [0.2, 0.25) is 10.4 Å². The molecule has 4 aromatic rings. The number of aromatic carboxylic acids is 1. The third kappa shape index (κ3) is 5.67. The van der Waals surface area contributed by atoms with Crippen LogP contribution in [0.25, 0.3) is 21.6 Å². The second-order valence-electron chi connectivity index (χ2n) is 7.80. The summed E-state index contributed by atoms with van der Waals surface area (Å²) < 4.78 is 33.8. The summed E-state index contributed by atoms with van der Waals surface area (Å²) in [5.41, 5.74) is 2.51. The molecule has 0 fully saturated rings. The first-order chi connectivity index (χ1) is 17.8. The molecule has 5 rings (SSSR count). The average molecular weight is 621 g/mol. The van der Waals surface area contributed by atoms with E-state index in [2.05, 4.69) is 4.94 Å².